The van der Waals surface area contributed by atoms with E-state index in [-0.39, 0.29) is 29.8 Å². The third-order valence-corrected chi connectivity index (χ3v) is 10.1. The van der Waals surface area contributed by atoms with Crippen molar-refractivity contribution in [2.24, 2.45) is 0 Å². The highest BCUT2D eigenvalue weighted by Gasteiger charge is 2.35. The average Bonchev–Trinajstić information content (AvgIpc) is 3.41. The van der Waals surface area contributed by atoms with Crippen LogP contribution in [0.2, 0.25) is 0 Å². The SMILES string of the molecule is Cc1ccc(CC(=O)Nc2cc(-c3ccccc3-c3nnn(CCP(=O)(OC(C)(C)C)OC(C)(C)C)n3)ccc2SC(C)(C)C)cc1. The van der Waals surface area contributed by atoms with Crippen LogP contribution in [0.3, 0.4) is 0 Å². The predicted molar refractivity (Wildman–Crippen MR) is 192 cm³/mol. The fourth-order valence-electron chi connectivity index (χ4n) is 4.83. The lowest BCUT2D eigenvalue weighted by Gasteiger charge is -2.31. The highest BCUT2D eigenvalue weighted by Crippen LogP contribution is 2.54. The molecular weight excluding hydrogens is 629 g/mol. The van der Waals surface area contributed by atoms with E-state index in [2.05, 4.69) is 53.6 Å². The molecule has 11 heteroatoms. The highest BCUT2D eigenvalue weighted by atomic mass is 32.2. The summed E-state index contributed by atoms with van der Waals surface area (Å²) in [7, 11) is -3.48. The van der Waals surface area contributed by atoms with Crippen LogP contribution in [-0.4, -0.2) is 48.2 Å². The van der Waals surface area contributed by atoms with Crippen LogP contribution in [0.15, 0.2) is 71.6 Å². The van der Waals surface area contributed by atoms with Gasteiger partial charge in [0, 0.05) is 15.2 Å². The van der Waals surface area contributed by atoms with Crippen LogP contribution in [0.1, 0.15) is 73.4 Å². The molecule has 1 amide bonds. The molecule has 0 fully saturated rings. The third-order valence-electron chi connectivity index (χ3n) is 6.49. The van der Waals surface area contributed by atoms with Gasteiger partial charge in [-0.3, -0.25) is 9.36 Å². The minimum atomic E-state index is -3.48. The van der Waals surface area contributed by atoms with Crippen LogP contribution in [-0.2, 0) is 31.4 Å². The van der Waals surface area contributed by atoms with E-state index < -0.39 is 18.8 Å². The van der Waals surface area contributed by atoms with Crippen LogP contribution >= 0.6 is 19.4 Å². The number of nitrogens with zero attached hydrogens (tertiary/aromatic N) is 4. The van der Waals surface area contributed by atoms with Crippen molar-refractivity contribution < 1.29 is 18.4 Å². The molecule has 4 rings (SSSR count). The molecule has 9 nitrogen and oxygen atoms in total. The number of aromatic nitrogens is 4. The van der Waals surface area contributed by atoms with E-state index in [4.69, 9.17) is 9.05 Å². The van der Waals surface area contributed by atoms with E-state index in [0.717, 1.165) is 38.4 Å². The Morgan fingerprint density at radius 1 is 0.872 bits per heavy atom. The Kier molecular flexibility index (Phi) is 11.2. The van der Waals surface area contributed by atoms with Crippen molar-refractivity contribution in [1.29, 1.82) is 0 Å². The zero-order valence-electron chi connectivity index (χ0n) is 29.2. The molecule has 0 aliphatic carbocycles. The molecule has 3 aromatic carbocycles. The number of amides is 1. The van der Waals surface area contributed by atoms with Gasteiger partial charge in [0.25, 0.3) is 0 Å². The van der Waals surface area contributed by atoms with Crippen LogP contribution in [0.5, 0.6) is 0 Å². The van der Waals surface area contributed by atoms with Gasteiger partial charge in [-0.25, -0.2) is 0 Å². The zero-order chi connectivity index (χ0) is 34.6. The standard InChI is InChI=1S/C36H48N5O4PS/c1-25-15-17-26(18-16-25)23-32(42)37-30-24-27(19-20-31(30)47-36(8,9)10)28-13-11-12-14-29(28)33-38-40-41(39-33)21-22-46(43,44-34(2,3)4)45-35(5,6)7/h11-20,24H,21-23H2,1-10H3,(H,37,42). The molecule has 47 heavy (non-hydrogen) atoms. The maximum Gasteiger partial charge on any atom is 0.333 e. The van der Waals surface area contributed by atoms with Gasteiger partial charge in [-0.2, -0.15) is 4.80 Å². The van der Waals surface area contributed by atoms with Crippen LogP contribution < -0.4 is 5.32 Å². The molecule has 1 aromatic heterocycles. The molecular formula is C36H48N5O4PS. The highest BCUT2D eigenvalue weighted by molar-refractivity contribution is 8.00. The average molecular weight is 678 g/mol. The lowest BCUT2D eigenvalue weighted by molar-refractivity contribution is -0.115. The predicted octanol–water partition coefficient (Wildman–Crippen LogP) is 9.21. The second-order valence-corrected chi connectivity index (χ2v) is 18.5. The minimum Gasteiger partial charge on any atom is -0.325 e. The van der Waals surface area contributed by atoms with Crippen molar-refractivity contribution in [1.82, 2.24) is 20.2 Å². The van der Waals surface area contributed by atoms with Gasteiger partial charge in [0.1, 0.15) is 0 Å². The Balaban J connectivity index is 1.61. The summed E-state index contributed by atoms with van der Waals surface area (Å²) in [6.45, 7) is 19.8. The molecule has 0 saturated heterocycles. The largest absolute Gasteiger partial charge is 0.333 e. The van der Waals surface area contributed by atoms with Gasteiger partial charge < -0.3 is 14.4 Å². The van der Waals surface area contributed by atoms with E-state index in [9.17, 15) is 9.36 Å². The van der Waals surface area contributed by atoms with Crippen LogP contribution in [0, 0.1) is 6.92 Å². The van der Waals surface area contributed by atoms with Crippen molar-refractivity contribution in [3.63, 3.8) is 0 Å². The summed E-state index contributed by atoms with van der Waals surface area (Å²) >= 11 is 1.70. The molecule has 0 unspecified atom stereocenters. The normalized spacial score (nSPS) is 12.7. The number of hydrogen-bond acceptors (Lipinski definition) is 8. The van der Waals surface area contributed by atoms with Gasteiger partial charge in [0.2, 0.25) is 11.7 Å². The molecule has 0 spiro atoms. The second-order valence-electron chi connectivity index (χ2n) is 14.6. The van der Waals surface area contributed by atoms with Gasteiger partial charge in [0.15, 0.2) is 0 Å². The summed E-state index contributed by atoms with van der Waals surface area (Å²) in [6.07, 6.45) is 0.375. The lowest BCUT2D eigenvalue weighted by Crippen LogP contribution is -2.26. The first kappa shape index (κ1) is 36.5. The Morgan fingerprint density at radius 2 is 1.49 bits per heavy atom. The summed E-state index contributed by atoms with van der Waals surface area (Å²) < 4.78 is 25.5. The number of aryl methyl sites for hydroxylation is 2. The fraction of sp³-hybridized carbons (Fsp3) is 0.444. The summed E-state index contributed by atoms with van der Waals surface area (Å²) in [6, 6.07) is 22.0. The second kappa shape index (κ2) is 14.4. The molecule has 0 bridgehead atoms. The number of benzene rings is 3. The maximum atomic E-state index is 13.7. The van der Waals surface area contributed by atoms with E-state index in [1.54, 1.807) is 11.8 Å². The van der Waals surface area contributed by atoms with E-state index in [0.29, 0.717) is 5.82 Å². The Bertz CT molecular complexity index is 1710. The molecule has 0 saturated carbocycles. The van der Waals surface area contributed by atoms with Gasteiger partial charge in [-0.05, 0) is 82.5 Å². The number of tetrazole rings is 1. The van der Waals surface area contributed by atoms with Crippen LogP contribution in [0.25, 0.3) is 22.5 Å². The monoisotopic (exact) mass is 677 g/mol. The van der Waals surface area contributed by atoms with Crippen molar-refractivity contribution in [2.75, 3.05) is 11.5 Å². The smallest absolute Gasteiger partial charge is 0.325 e. The Labute approximate surface area is 283 Å². The number of carbonyl (C=O) groups excluding carboxylic acids is 1. The topological polar surface area (TPSA) is 108 Å². The van der Waals surface area contributed by atoms with Crippen molar-refractivity contribution in [3.05, 3.63) is 77.9 Å². The van der Waals surface area contributed by atoms with E-state index in [1.165, 1.54) is 4.80 Å². The number of nitrogens with one attached hydrogen (secondary N) is 1. The third kappa shape index (κ3) is 11.4. The zero-order valence-corrected chi connectivity index (χ0v) is 31.0. The first-order valence-corrected chi connectivity index (χ1v) is 18.4. The number of hydrogen-bond donors (Lipinski definition) is 1. The van der Waals surface area contributed by atoms with Crippen molar-refractivity contribution in [3.8, 4) is 22.5 Å². The number of anilines is 1. The lowest BCUT2D eigenvalue weighted by atomic mass is 9.99. The number of rotatable bonds is 11. The Morgan fingerprint density at radius 3 is 2.09 bits per heavy atom. The summed E-state index contributed by atoms with van der Waals surface area (Å²) in [4.78, 5) is 15.6. The molecule has 1 heterocycles. The Hall–Kier alpha value is -3.30. The summed E-state index contributed by atoms with van der Waals surface area (Å²) in [5, 5.41) is 16.4. The first-order chi connectivity index (χ1) is 21.8. The molecule has 0 aliphatic heterocycles. The number of carbonyl (C=O) groups is 1. The molecule has 0 atom stereocenters. The van der Waals surface area contributed by atoms with E-state index in [1.807, 2.05) is 103 Å². The van der Waals surface area contributed by atoms with Gasteiger partial charge in [0.05, 0.1) is 36.0 Å². The van der Waals surface area contributed by atoms with Gasteiger partial charge in [-0.15, -0.1) is 22.0 Å². The summed E-state index contributed by atoms with van der Waals surface area (Å²) in [5.41, 5.74) is 4.14. The summed E-state index contributed by atoms with van der Waals surface area (Å²) in [5.74, 6) is 0.352. The molecule has 1 N–H and O–H groups in total. The van der Waals surface area contributed by atoms with E-state index >= 15 is 0 Å². The quantitative estimate of drug-likeness (QED) is 0.124. The first-order valence-electron chi connectivity index (χ1n) is 15.8. The molecule has 0 radical (unpaired) electrons. The molecule has 252 valence electrons. The van der Waals surface area contributed by atoms with Gasteiger partial charge in [-0.1, -0.05) is 80.9 Å². The minimum absolute atomic E-state index is 0.0575. The van der Waals surface area contributed by atoms with Crippen molar-refractivity contribution >= 4 is 31.0 Å². The molecule has 0 aliphatic rings. The molecule has 4 aromatic rings. The maximum absolute atomic E-state index is 13.7. The number of thioether (sulfide) groups is 1. The van der Waals surface area contributed by atoms with Gasteiger partial charge >= 0.3 is 7.60 Å². The van der Waals surface area contributed by atoms with Crippen molar-refractivity contribution in [2.45, 2.75) is 103 Å². The van der Waals surface area contributed by atoms with Crippen LogP contribution in [0.4, 0.5) is 5.69 Å². The fourth-order valence-corrected chi connectivity index (χ4v) is 8.16.